The van der Waals surface area contributed by atoms with Gasteiger partial charge in [-0.15, -0.1) is 11.8 Å². The van der Waals surface area contributed by atoms with E-state index in [4.69, 9.17) is 5.11 Å². The van der Waals surface area contributed by atoms with Crippen molar-refractivity contribution in [2.45, 2.75) is 17.5 Å². The summed E-state index contributed by atoms with van der Waals surface area (Å²) in [6.07, 6.45) is -3.69. The van der Waals surface area contributed by atoms with Gasteiger partial charge in [-0.3, -0.25) is 0 Å². The fraction of sp³-hybridized carbons (Fsp3) is 0.400. The van der Waals surface area contributed by atoms with Crippen LogP contribution in [-0.4, -0.2) is 17.5 Å². The van der Waals surface area contributed by atoms with Crippen LogP contribution in [0.4, 0.5) is 13.2 Å². The molecule has 1 aromatic rings. The summed E-state index contributed by atoms with van der Waals surface area (Å²) in [6.45, 7) is 0.0885. The molecule has 0 aliphatic carbocycles. The molecule has 0 aliphatic rings. The molecule has 0 bridgehead atoms. The highest BCUT2D eigenvalue weighted by Crippen LogP contribution is 2.35. The SMILES string of the molecule is OCCCSc1ccc(C(F)(F)F)cc1Br. The van der Waals surface area contributed by atoms with E-state index in [1.54, 1.807) is 0 Å². The van der Waals surface area contributed by atoms with E-state index < -0.39 is 11.7 Å². The lowest BCUT2D eigenvalue weighted by atomic mass is 10.2. The fourth-order valence-electron chi connectivity index (χ4n) is 1.04. The third-order valence-electron chi connectivity index (χ3n) is 1.82. The number of hydrogen-bond acceptors (Lipinski definition) is 2. The van der Waals surface area contributed by atoms with E-state index in [1.165, 1.54) is 17.8 Å². The van der Waals surface area contributed by atoms with Crippen molar-refractivity contribution >= 4 is 27.7 Å². The number of thioether (sulfide) groups is 1. The first-order valence-electron chi connectivity index (χ1n) is 4.55. The summed E-state index contributed by atoms with van der Waals surface area (Å²) in [4.78, 5) is 0.751. The van der Waals surface area contributed by atoms with Gasteiger partial charge in [0, 0.05) is 21.7 Å². The van der Waals surface area contributed by atoms with Crippen LogP contribution in [0, 0.1) is 0 Å². The second kappa shape index (κ2) is 5.93. The van der Waals surface area contributed by atoms with Crippen molar-refractivity contribution in [3.63, 3.8) is 0 Å². The molecule has 0 spiro atoms. The van der Waals surface area contributed by atoms with Crippen LogP contribution in [0.15, 0.2) is 27.6 Å². The quantitative estimate of drug-likeness (QED) is 0.671. The number of halogens is 4. The molecule has 16 heavy (non-hydrogen) atoms. The van der Waals surface area contributed by atoms with Crippen molar-refractivity contribution < 1.29 is 18.3 Å². The highest BCUT2D eigenvalue weighted by Gasteiger charge is 2.30. The third-order valence-corrected chi connectivity index (χ3v) is 3.90. The van der Waals surface area contributed by atoms with E-state index in [0.717, 1.165) is 17.0 Å². The number of rotatable bonds is 4. The molecule has 0 aliphatic heterocycles. The van der Waals surface area contributed by atoms with Gasteiger partial charge in [0.05, 0.1) is 5.56 Å². The van der Waals surface area contributed by atoms with Crippen molar-refractivity contribution in [1.82, 2.24) is 0 Å². The molecule has 0 atom stereocenters. The zero-order valence-corrected chi connectivity index (χ0v) is 10.6. The summed E-state index contributed by atoms with van der Waals surface area (Å²) in [5, 5.41) is 8.59. The van der Waals surface area contributed by atoms with Crippen LogP contribution in [0.25, 0.3) is 0 Å². The standard InChI is InChI=1S/C10H10BrF3OS/c11-8-6-7(10(12,13)14)2-3-9(8)16-5-1-4-15/h2-3,6,15H,1,4-5H2. The van der Waals surface area contributed by atoms with Gasteiger partial charge < -0.3 is 5.11 Å². The van der Waals surface area contributed by atoms with Gasteiger partial charge >= 0.3 is 6.18 Å². The minimum Gasteiger partial charge on any atom is -0.396 e. The maximum absolute atomic E-state index is 12.3. The first-order valence-corrected chi connectivity index (χ1v) is 6.33. The molecule has 0 amide bonds. The van der Waals surface area contributed by atoms with E-state index >= 15 is 0 Å². The minimum absolute atomic E-state index is 0.0885. The number of aliphatic hydroxyl groups is 1. The summed E-state index contributed by atoms with van der Waals surface area (Å²) in [5.74, 6) is 0.681. The predicted molar refractivity (Wildman–Crippen MR) is 61.6 cm³/mol. The van der Waals surface area contributed by atoms with Crippen LogP contribution < -0.4 is 0 Å². The zero-order chi connectivity index (χ0) is 12.2. The normalized spacial score (nSPS) is 11.8. The van der Waals surface area contributed by atoms with Crippen molar-refractivity contribution in [2.24, 2.45) is 0 Å². The van der Waals surface area contributed by atoms with Gasteiger partial charge in [0.25, 0.3) is 0 Å². The molecule has 90 valence electrons. The molecule has 0 unspecified atom stereocenters. The third kappa shape index (κ3) is 3.99. The van der Waals surface area contributed by atoms with Crippen molar-refractivity contribution in [3.8, 4) is 0 Å². The van der Waals surface area contributed by atoms with Gasteiger partial charge in [0.15, 0.2) is 0 Å². The average Bonchev–Trinajstić information content (AvgIpc) is 2.19. The summed E-state index contributed by atoms with van der Waals surface area (Å²) >= 11 is 4.53. The largest absolute Gasteiger partial charge is 0.416 e. The Morgan fingerprint density at radius 2 is 2.00 bits per heavy atom. The van der Waals surface area contributed by atoms with Gasteiger partial charge in [-0.2, -0.15) is 13.2 Å². The Kier molecular flexibility index (Phi) is 5.14. The van der Waals surface area contributed by atoms with E-state index in [2.05, 4.69) is 15.9 Å². The Morgan fingerprint density at radius 1 is 1.31 bits per heavy atom. The molecule has 1 aromatic carbocycles. The topological polar surface area (TPSA) is 20.2 Å². The molecule has 0 radical (unpaired) electrons. The summed E-state index contributed by atoms with van der Waals surface area (Å²) < 4.78 is 37.5. The average molecular weight is 315 g/mol. The Hall–Kier alpha value is -0.200. The lowest BCUT2D eigenvalue weighted by molar-refractivity contribution is -0.137. The van der Waals surface area contributed by atoms with E-state index in [1.807, 2.05) is 0 Å². The van der Waals surface area contributed by atoms with Gasteiger partial charge in [-0.1, -0.05) is 0 Å². The Bertz CT molecular complexity index is 354. The number of alkyl halides is 3. The molecule has 1 rings (SSSR count). The highest BCUT2D eigenvalue weighted by atomic mass is 79.9. The second-order valence-electron chi connectivity index (χ2n) is 3.07. The van der Waals surface area contributed by atoms with Crippen LogP contribution >= 0.6 is 27.7 Å². The zero-order valence-electron chi connectivity index (χ0n) is 8.22. The predicted octanol–water partition coefficient (Wildman–Crippen LogP) is 3.94. The second-order valence-corrected chi connectivity index (χ2v) is 5.06. The number of hydrogen-bond donors (Lipinski definition) is 1. The van der Waals surface area contributed by atoms with Crippen LogP contribution in [0.3, 0.4) is 0 Å². The Morgan fingerprint density at radius 3 is 2.50 bits per heavy atom. The molecule has 0 saturated heterocycles. The molecule has 1 nitrogen and oxygen atoms in total. The van der Waals surface area contributed by atoms with Gasteiger partial charge in [-0.25, -0.2) is 0 Å². The van der Waals surface area contributed by atoms with Crippen molar-refractivity contribution in [2.75, 3.05) is 12.4 Å². The maximum Gasteiger partial charge on any atom is 0.416 e. The van der Waals surface area contributed by atoms with E-state index in [9.17, 15) is 13.2 Å². The van der Waals surface area contributed by atoms with E-state index in [-0.39, 0.29) is 6.61 Å². The highest BCUT2D eigenvalue weighted by molar-refractivity contribution is 9.10. The first kappa shape index (κ1) is 13.9. The number of benzene rings is 1. The van der Waals surface area contributed by atoms with Crippen LogP contribution in [-0.2, 0) is 6.18 Å². The smallest absolute Gasteiger partial charge is 0.396 e. The molecule has 0 saturated carbocycles. The molecule has 1 N–H and O–H groups in total. The molecule has 0 aromatic heterocycles. The monoisotopic (exact) mass is 314 g/mol. The summed E-state index contributed by atoms with van der Waals surface area (Å²) in [7, 11) is 0. The molecule has 6 heteroatoms. The first-order chi connectivity index (χ1) is 7.45. The van der Waals surface area contributed by atoms with Gasteiger partial charge in [0.1, 0.15) is 0 Å². The maximum atomic E-state index is 12.3. The Balaban J connectivity index is 2.76. The lowest BCUT2D eigenvalue weighted by Gasteiger charge is -2.09. The molecular weight excluding hydrogens is 305 g/mol. The number of aliphatic hydroxyl groups excluding tert-OH is 1. The van der Waals surface area contributed by atoms with Gasteiger partial charge in [-0.05, 0) is 40.5 Å². The van der Waals surface area contributed by atoms with Crippen molar-refractivity contribution in [1.29, 1.82) is 0 Å². The van der Waals surface area contributed by atoms with Crippen LogP contribution in [0.2, 0.25) is 0 Å². The fourth-order valence-corrected chi connectivity index (χ4v) is 2.62. The lowest BCUT2D eigenvalue weighted by Crippen LogP contribution is -2.04. The minimum atomic E-state index is -4.31. The van der Waals surface area contributed by atoms with E-state index in [0.29, 0.717) is 16.6 Å². The molecule has 0 heterocycles. The van der Waals surface area contributed by atoms with Gasteiger partial charge in [0.2, 0.25) is 0 Å². The summed E-state index contributed by atoms with van der Waals surface area (Å²) in [6, 6.07) is 3.57. The Labute approximate surface area is 104 Å². The molecular formula is C10H10BrF3OS. The van der Waals surface area contributed by atoms with Crippen LogP contribution in [0.1, 0.15) is 12.0 Å². The van der Waals surface area contributed by atoms with Crippen LogP contribution in [0.5, 0.6) is 0 Å². The van der Waals surface area contributed by atoms with Crippen molar-refractivity contribution in [3.05, 3.63) is 28.2 Å². The molecule has 0 fully saturated rings. The summed E-state index contributed by atoms with van der Waals surface area (Å²) in [5.41, 5.74) is -0.661.